The molecule has 0 radical (unpaired) electrons. The van der Waals surface area contributed by atoms with Crippen LogP contribution in [0.4, 0.5) is 5.69 Å². The van der Waals surface area contributed by atoms with Crippen molar-refractivity contribution in [3.8, 4) is 0 Å². The number of para-hydroxylation sites is 1. The quantitative estimate of drug-likeness (QED) is 0.733. The lowest BCUT2D eigenvalue weighted by atomic mass is 9.97. The molecule has 4 rings (SSSR count). The molecule has 142 valence electrons. The number of rotatable bonds is 4. The third kappa shape index (κ3) is 4.09. The highest BCUT2D eigenvalue weighted by molar-refractivity contribution is 7.13. The van der Waals surface area contributed by atoms with Crippen molar-refractivity contribution < 1.29 is 9.59 Å². The van der Waals surface area contributed by atoms with Crippen LogP contribution in [0.25, 0.3) is 0 Å². The average Bonchev–Trinajstić information content (AvgIpc) is 3.25. The van der Waals surface area contributed by atoms with Crippen LogP contribution in [0.1, 0.15) is 43.9 Å². The number of benzene rings is 2. The van der Waals surface area contributed by atoms with E-state index in [9.17, 15) is 9.59 Å². The van der Waals surface area contributed by atoms with E-state index in [0.717, 1.165) is 29.1 Å². The van der Waals surface area contributed by atoms with Gasteiger partial charge in [0.05, 0.1) is 0 Å². The lowest BCUT2D eigenvalue weighted by Crippen LogP contribution is -2.37. The minimum Gasteiger partial charge on any atom is -0.339 e. The molecule has 28 heavy (non-hydrogen) atoms. The van der Waals surface area contributed by atoms with Crippen LogP contribution in [-0.4, -0.2) is 40.0 Å². The topological polar surface area (TPSA) is 75.2 Å². The van der Waals surface area contributed by atoms with Gasteiger partial charge in [0.2, 0.25) is 5.01 Å². The largest absolute Gasteiger partial charge is 0.339 e. The maximum atomic E-state index is 12.6. The van der Waals surface area contributed by atoms with Crippen molar-refractivity contribution in [3.05, 3.63) is 76.2 Å². The van der Waals surface area contributed by atoms with Crippen LogP contribution in [0.2, 0.25) is 0 Å². The second-order valence-electron chi connectivity index (χ2n) is 6.70. The van der Waals surface area contributed by atoms with E-state index in [4.69, 9.17) is 0 Å². The van der Waals surface area contributed by atoms with E-state index in [1.54, 1.807) is 0 Å². The fraction of sp³-hybridized carbons (Fsp3) is 0.238. The predicted octanol–water partition coefficient (Wildman–Crippen LogP) is 3.81. The first-order chi connectivity index (χ1) is 13.7. The Morgan fingerprint density at radius 1 is 0.929 bits per heavy atom. The molecule has 1 N–H and O–H groups in total. The maximum Gasteiger partial charge on any atom is 0.286 e. The van der Waals surface area contributed by atoms with Crippen molar-refractivity contribution in [1.82, 2.24) is 15.1 Å². The van der Waals surface area contributed by atoms with Gasteiger partial charge in [-0.2, -0.15) is 0 Å². The van der Waals surface area contributed by atoms with Crippen molar-refractivity contribution in [2.75, 3.05) is 18.4 Å². The van der Waals surface area contributed by atoms with E-state index in [2.05, 4.69) is 15.5 Å². The summed E-state index contributed by atoms with van der Waals surface area (Å²) in [6.45, 7) is 1.37. The zero-order chi connectivity index (χ0) is 19.3. The fourth-order valence-electron chi connectivity index (χ4n) is 3.29. The van der Waals surface area contributed by atoms with Gasteiger partial charge in [-0.15, -0.1) is 10.2 Å². The number of carbonyl (C=O) groups excluding carboxylic acids is 2. The molecule has 0 atom stereocenters. The summed E-state index contributed by atoms with van der Waals surface area (Å²) in [5.41, 5.74) is 1.45. The van der Waals surface area contributed by atoms with Crippen LogP contribution in [0.3, 0.4) is 0 Å². The molecule has 3 aromatic rings. The van der Waals surface area contributed by atoms with Crippen molar-refractivity contribution in [3.63, 3.8) is 0 Å². The SMILES string of the molecule is O=C(Nc1ccccc1)c1nnc(C2CCN(C(=O)c3ccccc3)CC2)s1. The summed E-state index contributed by atoms with van der Waals surface area (Å²) in [5.74, 6) is 0.0569. The van der Waals surface area contributed by atoms with Gasteiger partial charge in [0, 0.05) is 30.3 Å². The average molecular weight is 392 g/mol. The number of nitrogens with one attached hydrogen (secondary N) is 1. The molecule has 0 saturated carbocycles. The smallest absolute Gasteiger partial charge is 0.286 e. The third-order valence-electron chi connectivity index (χ3n) is 4.82. The minimum absolute atomic E-state index is 0.0687. The van der Waals surface area contributed by atoms with Gasteiger partial charge < -0.3 is 10.2 Å². The highest BCUT2D eigenvalue weighted by Gasteiger charge is 2.27. The Morgan fingerprint density at radius 3 is 2.25 bits per heavy atom. The van der Waals surface area contributed by atoms with Crippen LogP contribution >= 0.6 is 11.3 Å². The van der Waals surface area contributed by atoms with Crippen LogP contribution in [0.5, 0.6) is 0 Å². The highest BCUT2D eigenvalue weighted by atomic mass is 32.1. The molecule has 0 bridgehead atoms. The number of carbonyl (C=O) groups is 2. The second-order valence-corrected chi connectivity index (χ2v) is 7.71. The Bertz CT molecular complexity index is 951. The molecule has 1 saturated heterocycles. The standard InChI is InChI=1S/C21H20N4O2S/c26-18(22-17-9-5-2-6-10-17)20-24-23-19(28-20)15-11-13-25(14-12-15)21(27)16-7-3-1-4-8-16/h1-10,15H,11-14H2,(H,22,26). The highest BCUT2D eigenvalue weighted by Crippen LogP contribution is 2.30. The van der Waals surface area contributed by atoms with Crippen molar-refractivity contribution in [2.24, 2.45) is 0 Å². The normalized spacial score (nSPS) is 14.6. The first-order valence-electron chi connectivity index (χ1n) is 9.25. The Morgan fingerprint density at radius 2 is 1.57 bits per heavy atom. The molecule has 1 fully saturated rings. The van der Waals surface area contributed by atoms with E-state index in [1.165, 1.54) is 11.3 Å². The molecule has 1 aliphatic heterocycles. The molecule has 6 nitrogen and oxygen atoms in total. The van der Waals surface area contributed by atoms with E-state index in [0.29, 0.717) is 18.1 Å². The Kier molecular flexibility index (Phi) is 5.43. The molecule has 1 aliphatic rings. The predicted molar refractivity (Wildman–Crippen MR) is 109 cm³/mol. The summed E-state index contributed by atoms with van der Waals surface area (Å²) < 4.78 is 0. The van der Waals surface area contributed by atoms with Crippen molar-refractivity contribution >= 4 is 28.8 Å². The Hall–Kier alpha value is -3.06. The fourth-order valence-corrected chi connectivity index (χ4v) is 4.20. The molecule has 2 heterocycles. The van der Waals surface area contributed by atoms with Gasteiger partial charge in [-0.1, -0.05) is 47.7 Å². The van der Waals surface area contributed by atoms with Crippen LogP contribution < -0.4 is 5.32 Å². The summed E-state index contributed by atoms with van der Waals surface area (Å²) >= 11 is 1.34. The molecular formula is C21H20N4O2S. The number of amides is 2. The zero-order valence-electron chi connectivity index (χ0n) is 15.2. The monoisotopic (exact) mass is 392 g/mol. The van der Waals surface area contributed by atoms with E-state index < -0.39 is 0 Å². The van der Waals surface area contributed by atoms with Gasteiger partial charge >= 0.3 is 0 Å². The van der Waals surface area contributed by atoms with Gasteiger partial charge in [0.1, 0.15) is 5.01 Å². The molecule has 1 aromatic heterocycles. The molecule has 0 unspecified atom stereocenters. The number of aromatic nitrogens is 2. The van der Waals surface area contributed by atoms with Crippen molar-refractivity contribution in [2.45, 2.75) is 18.8 Å². The number of likely N-dealkylation sites (tertiary alicyclic amines) is 1. The van der Waals surface area contributed by atoms with E-state index in [-0.39, 0.29) is 17.7 Å². The summed E-state index contributed by atoms with van der Waals surface area (Å²) in [5, 5.41) is 12.4. The van der Waals surface area contributed by atoms with Gasteiger partial charge in [0.15, 0.2) is 0 Å². The molecule has 7 heteroatoms. The molecule has 2 amide bonds. The summed E-state index contributed by atoms with van der Waals surface area (Å²) in [6.07, 6.45) is 1.65. The molecular weight excluding hydrogens is 372 g/mol. The summed E-state index contributed by atoms with van der Waals surface area (Å²) in [6, 6.07) is 18.6. The van der Waals surface area contributed by atoms with Gasteiger partial charge in [-0.3, -0.25) is 9.59 Å². The summed E-state index contributed by atoms with van der Waals surface area (Å²) in [4.78, 5) is 26.8. The number of anilines is 1. The van der Waals surface area contributed by atoms with Gasteiger partial charge in [-0.25, -0.2) is 0 Å². The Balaban J connectivity index is 1.35. The van der Waals surface area contributed by atoms with Crippen molar-refractivity contribution in [1.29, 1.82) is 0 Å². The van der Waals surface area contributed by atoms with Gasteiger partial charge in [0.25, 0.3) is 11.8 Å². The van der Waals surface area contributed by atoms with Gasteiger partial charge in [-0.05, 0) is 37.1 Å². The van der Waals surface area contributed by atoms with E-state index >= 15 is 0 Å². The van der Waals surface area contributed by atoms with Crippen LogP contribution in [-0.2, 0) is 0 Å². The van der Waals surface area contributed by atoms with E-state index in [1.807, 2.05) is 65.6 Å². The van der Waals surface area contributed by atoms with Crippen LogP contribution in [0, 0.1) is 0 Å². The number of hydrogen-bond acceptors (Lipinski definition) is 5. The molecule has 0 spiro atoms. The Labute approximate surface area is 167 Å². The number of nitrogens with zero attached hydrogens (tertiary/aromatic N) is 3. The third-order valence-corrected chi connectivity index (χ3v) is 5.90. The lowest BCUT2D eigenvalue weighted by molar-refractivity contribution is 0.0712. The van der Waals surface area contributed by atoms with Crippen LogP contribution in [0.15, 0.2) is 60.7 Å². The first-order valence-corrected chi connectivity index (χ1v) is 10.1. The summed E-state index contributed by atoms with van der Waals surface area (Å²) in [7, 11) is 0. The molecule has 2 aromatic carbocycles. The molecule has 0 aliphatic carbocycles. The minimum atomic E-state index is -0.244. The zero-order valence-corrected chi connectivity index (χ0v) is 16.1. The first kappa shape index (κ1) is 18.3. The lowest BCUT2D eigenvalue weighted by Gasteiger charge is -2.31. The maximum absolute atomic E-state index is 12.6. The number of piperidine rings is 1. The number of hydrogen-bond donors (Lipinski definition) is 1. The second kappa shape index (κ2) is 8.31.